The van der Waals surface area contributed by atoms with Gasteiger partial charge < -0.3 is 20.2 Å². The summed E-state index contributed by atoms with van der Waals surface area (Å²) < 4.78 is 0. The van der Waals surface area contributed by atoms with E-state index in [-0.39, 0.29) is 42.8 Å². The van der Waals surface area contributed by atoms with E-state index in [1.807, 2.05) is 52.0 Å². The van der Waals surface area contributed by atoms with Crippen molar-refractivity contribution in [1.82, 2.24) is 19.9 Å². The fourth-order valence-electron chi connectivity index (χ4n) is 5.70. The summed E-state index contributed by atoms with van der Waals surface area (Å²) in [6.07, 6.45) is 2.22. The Balaban J connectivity index is 0.00000442. The third-order valence-electron chi connectivity index (χ3n) is 8.10. The van der Waals surface area contributed by atoms with E-state index in [1.165, 1.54) is 0 Å². The summed E-state index contributed by atoms with van der Waals surface area (Å²) in [6, 6.07) is 7.55. The molecule has 0 aromatic carbocycles. The second kappa shape index (κ2) is 12.9. The van der Waals surface area contributed by atoms with Crippen molar-refractivity contribution in [3.8, 4) is 0 Å². The van der Waals surface area contributed by atoms with Crippen LogP contribution in [0.2, 0.25) is 0 Å². The van der Waals surface area contributed by atoms with E-state index in [0.717, 1.165) is 50.1 Å². The summed E-state index contributed by atoms with van der Waals surface area (Å²) in [7, 11) is 0. The van der Waals surface area contributed by atoms with Crippen molar-refractivity contribution in [2.75, 3.05) is 0 Å². The van der Waals surface area contributed by atoms with Crippen LogP contribution < -0.4 is 9.97 Å². The van der Waals surface area contributed by atoms with E-state index >= 15 is 0 Å². The molecule has 0 fully saturated rings. The van der Waals surface area contributed by atoms with Gasteiger partial charge in [-0.1, -0.05) is 60.2 Å². The molecule has 8 nitrogen and oxygen atoms in total. The van der Waals surface area contributed by atoms with Crippen LogP contribution in [0.5, 0.6) is 0 Å². The number of carbonyl (C=O) groups is 2. The van der Waals surface area contributed by atoms with E-state index < -0.39 is 11.9 Å². The smallest absolute Gasteiger partial charge is 0.657 e. The van der Waals surface area contributed by atoms with Gasteiger partial charge in [-0.25, -0.2) is 9.97 Å². The largest absolute Gasteiger partial charge is 2.00 e. The van der Waals surface area contributed by atoms with Crippen molar-refractivity contribution in [3.63, 3.8) is 0 Å². The molecule has 5 rings (SSSR count). The van der Waals surface area contributed by atoms with Gasteiger partial charge in [-0.05, 0) is 62.8 Å². The Morgan fingerprint density at radius 3 is 1.95 bits per heavy atom. The SMILES string of the molecule is C=Cc1c(C)c2cc3nc(cc4[n-]c(cc5nc(cc1[n-]2)C(C)=C5CCC(=O)O)c(CCC(=O)O)c4C)C(C)=C3C(=C)S.[Fe+2]. The molecule has 0 saturated heterocycles. The molecule has 0 saturated carbocycles. The molecule has 2 aliphatic rings. The number of carboxylic acids is 2. The molecule has 2 aliphatic heterocycles. The van der Waals surface area contributed by atoms with E-state index in [0.29, 0.717) is 44.2 Å². The maximum atomic E-state index is 11.5. The zero-order valence-corrected chi connectivity index (χ0v) is 26.9. The number of aliphatic carboxylic acids is 2. The quantitative estimate of drug-likeness (QED) is 0.176. The zero-order valence-electron chi connectivity index (χ0n) is 24.9. The van der Waals surface area contributed by atoms with E-state index in [4.69, 9.17) is 19.9 Å². The predicted octanol–water partition coefficient (Wildman–Crippen LogP) is 7.02. The van der Waals surface area contributed by atoms with Crippen LogP contribution in [-0.4, -0.2) is 32.1 Å². The minimum Gasteiger partial charge on any atom is -0.657 e. The maximum Gasteiger partial charge on any atom is 2.00 e. The standard InChI is InChI=1S/C34H34N4O4S.Fe/c1-7-21-16(2)26-14-31-34(20(6)43)19(5)27(38-31)12-24-17(3)22(8-10-32(39)40)29(36-24)15-30-23(9-11-33(41)42)18(4)25(37-30)13-28(21)35-26;/h7,12-15H,1,6,8-11H2,2-5H3,(H5,35,36,37,38,39,40,41,42,43);/q;+2/p-2. The molecular formula is C34H32FeN4O4S. The van der Waals surface area contributed by atoms with Gasteiger partial charge in [0.2, 0.25) is 0 Å². The molecule has 2 N–H and O–H groups in total. The van der Waals surface area contributed by atoms with E-state index in [2.05, 4.69) is 25.8 Å². The molecule has 0 atom stereocenters. The summed E-state index contributed by atoms with van der Waals surface area (Å²) in [5.41, 5.74) is 12.2. The van der Waals surface area contributed by atoms with Crippen LogP contribution in [0, 0.1) is 13.8 Å². The molecule has 0 spiro atoms. The van der Waals surface area contributed by atoms with Gasteiger partial charge in [-0.2, -0.15) is 0 Å². The number of aryl methyl sites for hydroxylation is 3. The minimum absolute atomic E-state index is 0. The van der Waals surface area contributed by atoms with Crippen LogP contribution in [0.1, 0.15) is 78.1 Å². The fraction of sp³-hybridized carbons (Fsp3) is 0.235. The Morgan fingerprint density at radius 1 is 0.795 bits per heavy atom. The summed E-state index contributed by atoms with van der Waals surface area (Å²) >= 11 is 4.58. The summed E-state index contributed by atoms with van der Waals surface area (Å²) in [5, 5.41) is 18.9. The van der Waals surface area contributed by atoms with Gasteiger partial charge >= 0.3 is 29.0 Å². The molecule has 226 valence electrons. The van der Waals surface area contributed by atoms with Gasteiger partial charge in [0.15, 0.2) is 0 Å². The number of allylic oxidation sites excluding steroid dienone is 4. The first-order chi connectivity index (χ1) is 20.4. The third kappa shape index (κ3) is 6.11. The summed E-state index contributed by atoms with van der Waals surface area (Å²) in [4.78, 5) is 43.4. The Bertz CT molecular complexity index is 1980. The molecule has 0 aliphatic carbocycles. The number of rotatable bonds is 8. The van der Waals surface area contributed by atoms with Gasteiger partial charge in [0.05, 0.1) is 22.8 Å². The Hall–Kier alpha value is -4.11. The van der Waals surface area contributed by atoms with Crippen LogP contribution in [0.15, 0.2) is 42.3 Å². The monoisotopic (exact) mass is 648 g/mol. The first-order valence-corrected chi connectivity index (χ1v) is 14.3. The molecule has 5 heterocycles. The fourth-order valence-corrected chi connectivity index (χ4v) is 5.98. The van der Waals surface area contributed by atoms with E-state index in [9.17, 15) is 19.8 Å². The predicted molar refractivity (Wildman–Crippen MR) is 174 cm³/mol. The number of fused-ring (bicyclic) bond motifs is 8. The van der Waals surface area contributed by atoms with Crippen molar-refractivity contribution in [1.29, 1.82) is 0 Å². The first-order valence-electron chi connectivity index (χ1n) is 13.9. The molecule has 44 heavy (non-hydrogen) atoms. The zero-order chi connectivity index (χ0) is 31.2. The van der Waals surface area contributed by atoms with Gasteiger partial charge in [-0.15, -0.1) is 34.7 Å². The van der Waals surface area contributed by atoms with Crippen LogP contribution in [0.3, 0.4) is 0 Å². The number of aromatic nitrogens is 4. The normalized spacial score (nSPS) is 12.8. The second-order valence-electron chi connectivity index (χ2n) is 10.8. The second-order valence-corrected chi connectivity index (χ2v) is 11.3. The van der Waals surface area contributed by atoms with Gasteiger partial charge in [-0.3, -0.25) is 9.59 Å². The van der Waals surface area contributed by atoms with Crippen LogP contribution in [0.4, 0.5) is 0 Å². The van der Waals surface area contributed by atoms with Crippen molar-refractivity contribution >= 4 is 75.0 Å². The Kier molecular flexibility index (Phi) is 9.59. The van der Waals surface area contributed by atoms with Gasteiger partial charge in [0.25, 0.3) is 0 Å². The summed E-state index contributed by atoms with van der Waals surface area (Å²) in [6.45, 7) is 15.9. The molecule has 10 heteroatoms. The summed E-state index contributed by atoms with van der Waals surface area (Å²) in [5.74, 6) is -1.81. The molecule has 3 aromatic heterocycles. The third-order valence-corrected chi connectivity index (χ3v) is 8.32. The molecule has 0 amide bonds. The van der Waals surface area contributed by atoms with Crippen molar-refractivity contribution in [2.45, 2.75) is 53.4 Å². The van der Waals surface area contributed by atoms with Crippen molar-refractivity contribution in [2.24, 2.45) is 0 Å². The topological polar surface area (TPSA) is 129 Å². The van der Waals surface area contributed by atoms with Crippen molar-refractivity contribution < 1.29 is 36.9 Å². The van der Waals surface area contributed by atoms with E-state index in [1.54, 1.807) is 6.08 Å². The van der Waals surface area contributed by atoms with Crippen LogP contribution >= 0.6 is 12.6 Å². The maximum absolute atomic E-state index is 11.5. The molecule has 8 bridgehead atoms. The number of hydrogen-bond acceptors (Lipinski definition) is 5. The molecular weight excluding hydrogens is 616 g/mol. The molecule has 0 unspecified atom stereocenters. The average Bonchev–Trinajstić information content (AvgIpc) is 3.59. The number of nitrogens with zero attached hydrogens (tertiary/aromatic N) is 4. The number of hydrogen-bond donors (Lipinski definition) is 3. The van der Waals surface area contributed by atoms with Crippen molar-refractivity contribution in [3.05, 3.63) is 87.4 Å². The first kappa shape index (κ1) is 32.8. The van der Waals surface area contributed by atoms with Crippen LogP contribution in [0.25, 0.3) is 50.4 Å². The number of thiol groups is 1. The molecule has 0 radical (unpaired) electrons. The van der Waals surface area contributed by atoms with Gasteiger partial charge in [0.1, 0.15) is 0 Å². The average molecular weight is 649 g/mol. The number of carboxylic acid groups (broad SMARTS) is 2. The Labute approximate surface area is 271 Å². The van der Waals surface area contributed by atoms with Gasteiger partial charge in [0, 0.05) is 23.3 Å². The van der Waals surface area contributed by atoms with Crippen LogP contribution in [-0.2, 0) is 33.1 Å². The Morgan fingerprint density at radius 2 is 1.32 bits per heavy atom. The molecule has 3 aromatic rings. The minimum atomic E-state index is -0.905.